The number of amides is 1. The molecule has 0 N–H and O–H groups in total. The molecule has 1 amide bonds. The van der Waals surface area contributed by atoms with Crippen LogP contribution in [0.25, 0.3) is 0 Å². The number of rotatable bonds is 4. The van der Waals surface area contributed by atoms with Crippen LogP contribution < -0.4 is 4.90 Å². The number of aromatic nitrogens is 2. The SMILES string of the molecule is Cc1nc(C)c(Cc2ccc(F)cc2)c(N2CCN(C(=O)c3cccc(Br)c3)CC2)n1. The zero-order valence-electron chi connectivity index (χ0n) is 17.6. The maximum absolute atomic E-state index is 13.3. The van der Waals surface area contributed by atoms with E-state index in [4.69, 9.17) is 4.98 Å². The molecule has 0 unspecified atom stereocenters. The van der Waals surface area contributed by atoms with Crippen LogP contribution in [-0.4, -0.2) is 47.0 Å². The Hall–Kier alpha value is -2.80. The molecule has 0 aliphatic carbocycles. The molecular weight excluding hydrogens is 459 g/mol. The van der Waals surface area contributed by atoms with Gasteiger partial charge in [0, 0.05) is 53.9 Å². The number of carbonyl (C=O) groups is 1. The average Bonchev–Trinajstić information content (AvgIpc) is 2.76. The van der Waals surface area contributed by atoms with E-state index in [1.165, 1.54) is 12.1 Å². The number of carbonyl (C=O) groups excluding carboxylic acids is 1. The van der Waals surface area contributed by atoms with Crippen LogP contribution in [-0.2, 0) is 6.42 Å². The van der Waals surface area contributed by atoms with Crippen molar-refractivity contribution >= 4 is 27.7 Å². The Bertz CT molecular complexity index is 1100. The molecule has 0 radical (unpaired) electrons. The molecule has 1 aliphatic heterocycles. The Kier molecular flexibility index (Phi) is 6.32. The van der Waals surface area contributed by atoms with Crippen LogP contribution in [0.5, 0.6) is 0 Å². The summed E-state index contributed by atoms with van der Waals surface area (Å²) in [6.07, 6.45) is 0.638. The lowest BCUT2D eigenvalue weighted by molar-refractivity contribution is 0.0746. The predicted octanol–water partition coefficient (Wildman–Crippen LogP) is 4.55. The smallest absolute Gasteiger partial charge is 0.254 e. The minimum atomic E-state index is -0.243. The van der Waals surface area contributed by atoms with Crippen LogP contribution in [0.2, 0.25) is 0 Å². The van der Waals surface area contributed by atoms with Crippen LogP contribution in [0.15, 0.2) is 53.0 Å². The second-order valence-corrected chi connectivity index (χ2v) is 8.67. The number of anilines is 1. The Morgan fingerprint density at radius 1 is 1.03 bits per heavy atom. The summed E-state index contributed by atoms with van der Waals surface area (Å²) in [7, 11) is 0. The number of hydrogen-bond acceptors (Lipinski definition) is 4. The molecular formula is C24H24BrFN4O. The molecule has 160 valence electrons. The minimum Gasteiger partial charge on any atom is -0.353 e. The lowest BCUT2D eigenvalue weighted by atomic mass is 10.0. The Morgan fingerprint density at radius 3 is 2.42 bits per heavy atom. The van der Waals surface area contributed by atoms with Crippen molar-refractivity contribution in [3.8, 4) is 0 Å². The van der Waals surface area contributed by atoms with E-state index >= 15 is 0 Å². The lowest BCUT2D eigenvalue weighted by Crippen LogP contribution is -2.49. The fourth-order valence-electron chi connectivity index (χ4n) is 3.92. The Morgan fingerprint density at radius 2 is 1.74 bits per heavy atom. The van der Waals surface area contributed by atoms with Gasteiger partial charge in [-0.3, -0.25) is 4.79 Å². The van der Waals surface area contributed by atoms with Gasteiger partial charge in [0.05, 0.1) is 0 Å². The summed E-state index contributed by atoms with van der Waals surface area (Å²) >= 11 is 3.43. The van der Waals surface area contributed by atoms with Crippen molar-refractivity contribution in [2.45, 2.75) is 20.3 Å². The van der Waals surface area contributed by atoms with Gasteiger partial charge >= 0.3 is 0 Å². The van der Waals surface area contributed by atoms with Gasteiger partial charge in [0.15, 0.2) is 0 Å². The van der Waals surface area contributed by atoms with Crippen molar-refractivity contribution in [1.29, 1.82) is 0 Å². The monoisotopic (exact) mass is 482 g/mol. The van der Waals surface area contributed by atoms with Crippen molar-refractivity contribution < 1.29 is 9.18 Å². The second-order valence-electron chi connectivity index (χ2n) is 7.75. The third-order valence-electron chi connectivity index (χ3n) is 5.54. The van der Waals surface area contributed by atoms with Crippen LogP contribution in [0.4, 0.5) is 10.2 Å². The summed E-state index contributed by atoms with van der Waals surface area (Å²) in [5.74, 6) is 1.43. The third kappa shape index (κ3) is 4.93. The van der Waals surface area contributed by atoms with E-state index < -0.39 is 0 Å². The number of halogens is 2. The molecule has 5 nitrogen and oxygen atoms in total. The number of nitrogens with zero attached hydrogens (tertiary/aromatic N) is 4. The molecule has 0 atom stereocenters. The van der Waals surface area contributed by atoms with E-state index in [2.05, 4.69) is 25.8 Å². The van der Waals surface area contributed by atoms with E-state index in [1.54, 1.807) is 12.1 Å². The molecule has 1 fully saturated rings. The van der Waals surface area contributed by atoms with Crippen LogP contribution in [0.1, 0.15) is 33.0 Å². The normalized spacial score (nSPS) is 14.1. The van der Waals surface area contributed by atoms with Gasteiger partial charge in [-0.15, -0.1) is 0 Å². The molecule has 7 heteroatoms. The van der Waals surface area contributed by atoms with Gasteiger partial charge in [0.1, 0.15) is 17.5 Å². The molecule has 2 aromatic carbocycles. The molecule has 0 saturated carbocycles. The number of hydrogen-bond donors (Lipinski definition) is 0. The molecule has 2 heterocycles. The van der Waals surface area contributed by atoms with Crippen molar-refractivity contribution in [2.24, 2.45) is 0 Å². The largest absolute Gasteiger partial charge is 0.353 e. The standard InChI is InChI=1S/C24H24BrFN4O/c1-16-22(14-18-6-8-21(26)9-7-18)23(28-17(2)27-16)29-10-12-30(13-11-29)24(31)19-4-3-5-20(25)15-19/h3-9,15H,10-14H2,1-2H3. The van der Waals surface area contributed by atoms with Gasteiger partial charge < -0.3 is 9.80 Å². The van der Waals surface area contributed by atoms with Gasteiger partial charge in [0.2, 0.25) is 0 Å². The number of piperazine rings is 1. The van der Waals surface area contributed by atoms with Crippen molar-refractivity contribution in [1.82, 2.24) is 14.9 Å². The number of benzene rings is 2. The maximum Gasteiger partial charge on any atom is 0.254 e. The average molecular weight is 483 g/mol. The van der Waals surface area contributed by atoms with Gasteiger partial charge in [-0.05, 0) is 49.7 Å². The summed E-state index contributed by atoms with van der Waals surface area (Å²) in [4.78, 5) is 26.3. The molecule has 0 bridgehead atoms. The summed E-state index contributed by atoms with van der Waals surface area (Å²) in [5, 5.41) is 0. The summed E-state index contributed by atoms with van der Waals surface area (Å²) in [5.41, 5.74) is 3.68. The van der Waals surface area contributed by atoms with Gasteiger partial charge in [-0.1, -0.05) is 34.1 Å². The molecule has 3 aromatic rings. The highest BCUT2D eigenvalue weighted by atomic mass is 79.9. The third-order valence-corrected chi connectivity index (χ3v) is 6.03. The first kappa shape index (κ1) is 21.4. The highest BCUT2D eigenvalue weighted by Crippen LogP contribution is 2.26. The summed E-state index contributed by atoms with van der Waals surface area (Å²) < 4.78 is 14.2. The zero-order chi connectivity index (χ0) is 22.0. The van der Waals surface area contributed by atoms with Gasteiger partial charge in [-0.2, -0.15) is 0 Å². The maximum atomic E-state index is 13.3. The highest BCUT2D eigenvalue weighted by molar-refractivity contribution is 9.10. The molecule has 4 rings (SSSR count). The molecule has 1 aromatic heterocycles. The van der Waals surface area contributed by atoms with E-state index in [-0.39, 0.29) is 11.7 Å². The Balaban J connectivity index is 1.52. The van der Waals surface area contributed by atoms with Crippen molar-refractivity contribution in [3.63, 3.8) is 0 Å². The van der Waals surface area contributed by atoms with Crippen LogP contribution in [0, 0.1) is 19.7 Å². The van der Waals surface area contributed by atoms with E-state index in [0.717, 1.165) is 32.9 Å². The van der Waals surface area contributed by atoms with Crippen LogP contribution in [0.3, 0.4) is 0 Å². The highest BCUT2D eigenvalue weighted by Gasteiger charge is 2.25. The number of aryl methyl sites for hydroxylation is 2. The van der Waals surface area contributed by atoms with Gasteiger partial charge in [0.25, 0.3) is 5.91 Å². The zero-order valence-corrected chi connectivity index (χ0v) is 19.2. The molecule has 0 spiro atoms. The summed E-state index contributed by atoms with van der Waals surface area (Å²) in [6, 6.07) is 14.0. The lowest BCUT2D eigenvalue weighted by Gasteiger charge is -2.36. The molecule has 1 saturated heterocycles. The minimum absolute atomic E-state index is 0.0440. The van der Waals surface area contributed by atoms with E-state index in [1.807, 2.05) is 43.0 Å². The first-order chi connectivity index (χ1) is 14.9. The van der Waals surface area contributed by atoms with E-state index in [9.17, 15) is 9.18 Å². The van der Waals surface area contributed by atoms with Crippen LogP contribution >= 0.6 is 15.9 Å². The molecule has 1 aliphatic rings. The Labute approximate surface area is 190 Å². The fourth-order valence-corrected chi connectivity index (χ4v) is 4.32. The van der Waals surface area contributed by atoms with Crippen molar-refractivity contribution in [3.05, 3.63) is 87.0 Å². The quantitative estimate of drug-likeness (QED) is 0.547. The van der Waals surface area contributed by atoms with E-state index in [0.29, 0.717) is 38.2 Å². The predicted molar refractivity (Wildman–Crippen MR) is 123 cm³/mol. The van der Waals surface area contributed by atoms with Crippen molar-refractivity contribution in [2.75, 3.05) is 31.1 Å². The second kappa shape index (κ2) is 9.14. The fraction of sp³-hybridized carbons (Fsp3) is 0.292. The first-order valence-corrected chi connectivity index (χ1v) is 11.1. The topological polar surface area (TPSA) is 49.3 Å². The first-order valence-electron chi connectivity index (χ1n) is 10.3. The summed E-state index contributed by atoms with van der Waals surface area (Å²) in [6.45, 7) is 6.54. The molecule has 31 heavy (non-hydrogen) atoms. The van der Waals surface area contributed by atoms with Gasteiger partial charge in [-0.25, -0.2) is 14.4 Å².